The molecule has 0 amide bonds. The van der Waals surface area contributed by atoms with Crippen molar-refractivity contribution in [2.24, 2.45) is 0 Å². The van der Waals surface area contributed by atoms with Crippen LogP contribution in [-0.4, -0.2) is 18.0 Å². The zero-order valence-corrected chi connectivity index (χ0v) is 8.15. The summed E-state index contributed by atoms with van der Waals surface area (Å²) >= 11 is 0. The number of hydrogen-bond donors (Lipinski definition) is 1. The molecule has 1 aromatic rings. The molecule has 0 atom stereocenters. The topological polar surface area (TPSA) is 46.5 Å². The summed E-state index contributed by atoms with van der Waals surface area (Å²) in [5, 5.41) is 9.41. The van der Waals surface area contributed by atoms with E-state index < -0.39 is 0 Å². The first-order valence-corrected chi connectivity index (χ1v) is 4.19. The highest BCUT2D eigenvalue weighted by atomic mass is 16.5. The smallest absolute Gasteiger partial charge is 0.167 e. The maximum absolute atomic E-state index is 10.7. The number of hydrogen-bond acceptors (Lipinski definition) is 3. The van der Waals surface area contributed by atoms with Crippen LogP contribution >= 0.6 is 0 Å². The van der Waals surface area contributed by atoms with Crippen LogP contribution in [0.25, 0.3) is 6.08 Å². The second-order valence-corrected chi connectivity index (χ2v) is 2.84. The van der Waals surface area contributed by atoms with E-state index in [2.05, 4.69) is 0 Å². The Morgan fingerprint density at radius 1 is 1.50 bits per heavy atom. The van der Waals surface area contributed by atoms with Gasteiger partial charge in [-0.05, 0) is 25.1 Å². The second-order valence-electron chi connectivity index (χ2n) is 2.84. The Bertz CT molecular complexity index is 367. The second kappa shape index (κ2) is 4.46. The third kappa shape index (κ3) is 2.36. The van der Waals surface area contributed by atoms with Crippen LogP contribution < -0.4 is 4.74 Å². The number of carbonyl (C=O) groups excluding carboxylic acids is 1. The minimum atomic E-state index is -0.0459. The summed E-state index contributed by atoms with van der Waals surface area (Å²) in [6.45, 7) is 1.46. The van der Waals surface area contributed by atoms with E-state index in [-0.39, 0.29) is 11.5 Å². The molecule has 0 aliphatic heterocycles. The fourth-order valence-electron chi connectivity index (χ4n) is 1.10. The highest BCUT2D eigenvalue weighted by Crippen LogP contribution is 2.30. The first-order chi connectivity index (χ1) is 6.65. The molecule has 1 N–H and O–H groups in total. The zero-order chi connectivity index (χ0) is 10.6. The monoisotopic (exact) mass is 192 g/mol. The lowest BCUT2D eigenvalue weighted by atomic mass is 10.1. The van der Waals surface area contributed by atoms with Crippen LogP contribution in [0.3, 0.4) is 0 Å². The molecular formula is C11H12O3. The van der Waals surface area contributed by atoms with E-state index in [1.165, 1.54) is 26.2 Å². The van der Waals surface area contributed by atoms with Crippen LogP contribution in [0.15, 0.2) is 24.3 Å². The Balaban J connectivity index is 3.08. The quantitative estimate of drug-likeness (QED) is 0.745. The van der Waals surface area contributed by atoms with Gasteiger partial charge in [-0.1, -0.05) is 12.1 Å². The van der Waals surface area contributed by atoms with Crippen molar-refractivity contribution < 1.29 is 14.6 Å². The number of methoxy groups -OCH3 is 1. The molecule has 0 radical (unpaired) electrons. The Morgan fingerprint density at radius 2 is 2.21 bits per heavy atom. The summed E-state index contributed by atoms with van der Waals surface area (Å²) in [6.07, 6.45) is 3.04. The standard InChI is InChI=1S/C11H12O3/c1-8(12)6-7-9-4-3-5-10(13)11(9)14-2/h3-7,13H,1-2H3/b7-6+. The summed E-state index contributed by atoms with van der Waals surface area (Å²) in [6, 6.07) is 4.99. The fraction of sp³-hybridized carbons (Fsp3) is 0.182. The summed E-state index contributed by atoms with van der Waals surface area (Å²) < 4.78 is 5.00. The number of phenols is 1. The molecule has 14 heavy (non-hydrogen) atoms. The number of aromatic hydroxyl groups is 1. The minimum Gasteiger partial charge on any atom is -0.504 e. The number of allylic oxidation sites excluding steroid dienone is 1. The van der Waals surface area contributed by atoms with Crippen molar-refractivity contribution in [3.63, 3.8) is 0 Å². The third-order valence-corrected chi connectivity index (χ3v) is 1.73. The molecule has 0 bridgehead atoms. The van der Waals surface area contributed by atoms with Crippen molar-refractivity contribution in [2.75, 3.05) is 7.11 Å². The highest BCUT2D eigenvalue weighted by molar-refractivity contribution is 5.92. The largest absolute Gasteiger partial charge is 0.504 e. The van der Waals surface area contributed by atoms with Gasteiger partial charge >= 0.3 is 0 Å². The lowest BCUT2D eigenvalue weighted by Gasteiger charge is -2.05. The Kier molecular flexibility index (Phi) is 3.29. The molecule has 3 heteroatoms. The molecule has 0 fully saturated rings. The number of carbonyl (C=O) groups is 1. The molecule has 0 aliphatic carbocycles. The Hall–Kier alpha value is -1.77. The lowest BCUT2D eigenvalue weighted by molar-refractivity contribution is -0.112. The molecule has 1 aromatic carbocycles. The van der Waals surface area contributed by atoms with E-state index in [1.807, 2.05) is 0 Å². The van der Waals surface area contributed by atoms with Crippen molar-refractivity contribution in [3.05, 3.63) is 29.8 Å². The van der Waals surface area contributed by atoms with E-state index in [0.717, 1.165) is 0 Å². The van der Waals surface area contributed by atoms with Crippen LogP contribution in [0.4, 0.5) is 0 Å². The molecule has 0 aliphatic rings. The maximum atomic E-state index is 10.7. The SMILES string of the molecule is COc1c(O)cccc1/C=C/C(C)=O. The van der Waals surface area contributed by atoms with Gasteiger partial charge in [0.1, 0.15) is 0 Å². The summed E-state index contributed by atoms with van der Waals surface area (Å²) in [7, 11) is 1.47. The van der Waals surface area contributed by atoms with Crippen molar-refractivity contribution in [1.82, 2.24) is 0 Å². The highest BCUT2D eigenvalue weighted by Gasteiger charge is 2.04. The van der Waals surface area contributed by atoms with E-state index in [9.17, 15) is 9.90 Å². The van der Waals surface area contributed by atoms with Crippen LogP contribution in [0.1, 0.15) is 12.5 Å². The minimum absolute atomic E-state index is 0.0459. The number of phenolic OH excluding ortho intramolecular Hbond substituents is 1. The molecule has 0 saturated carbocycles. The van der Waals surface area contributed by atoms with Crippen molar-refractivity contribution in [3.8, 4) is 11.5 Å². The molecule has 74 valence electrons. The van der Waals surface area contributed by atoms with Gasteiger partial charge in [-0.3, -0.25) is 4.79 Å². The molecule has 0 unspecified atom stereocenters. The van der Waals surface area contributed by atoms with E-state index in [1.54, 1.807) is 18.2 Å². The Labute approximate surface area is 82.6 Å². The molecule has 1 rings (SSSR count). The number of rotatable bonds is 3. The van der Waals surface area contributed by atoms with Crippen LogP contribution in [0, 0.1) is 0 Å². The molecule has 0 aromatic heterocycles. The maximum Gasteiger partial charge on any atom is 0.167 e. The average molecular weight is 192 g/mol. The van der Waals surface area contributed by atoms with Gasteiger partial charge in [-0.15, -0.1) is 0 Å². The van der Waals surface area contributed by atoms with Gasteiger partial charge in [0, 0.05) is 5.56 Å². The van der Waals surface area contributed by atoms with Crippen LogP contribution in [0.5, 0.6) is 11.5 Å². The number of ketones is 1. The normalized spacial score (nSPS) is 10.4. The van der Waals surface area contributed by atoms with Gasteiger partial charge in [-0.25, -0.2) is 0 Å². The molecular weight excluding hydrogens is 180 g/mol. The first-order valence-electron chi connectivity index (χ1n) is 4.19. The predicted molar refractivity (Wildman–Crippen MR) is 54.4 cm³/mol. The Morgan fingerprint density at radius 3 is 2.79 bits per heavy atom. The van der Waals surface area contributed by atoms with Gasteiger partial charge in [0.05, 0.1) is 7.11 Å². The van der Waals surface area contributed by atoms with Gasteiger partial charge < -0.3 is 9.84 Å². The molecule has 0 heterocycles. The number of para-hydroxylation sites is 1. The van der Waals surface area contributed by atoms with Crippen molar-refractivity contribution in [1.29, 1.82) is 0 Å². The van der Waals surface area contributed by atoms with Crippen LogP contribution in [-0.2, 0) is 4.79 Å². The number of ether oxygens (including phenoxy) is 1. The summed E-state index contributed by atoms with van der Waals surface area (Å²) in [5.74, 6) is 0.401. The third-order valence-electron chi connectivity index (χ3n) is 1.73. The van der Waals surface area contributed by atoms with Gasteiger partial charge in [-0.2, -0.15) is 0 Å². The number of benzene rings is 1. The van der Waals surface area contributed by atoms with Gasteiger partial charge in [0.2, 0.25) is 0 Å². The molecule has 3 nitrogen and oxygen atoms in total. The first kappa shape index (κ1) is 10.3. The molecule has 0 spiro atoms. The summed E-state index contributed by atoms with van der Waals surface area (Å²) in [5.41, 5.74) is 0.683. The van der Waals surface area contributed by atoms with E-state index in [0.29, 0.717) is 11.3 Å². The van der Waals surface area contributed by atoms with Gasteiger partial charge in [0.25, 0.3) is 0 Å². The van der Waals surface area contributed by atoms with E-state index in [4.69, 9.17) is 4.74 Å². The van der Waals surface area contributed by atoms with Crippen molar-refractivity contribution >= 4 is 11.9 Å². The fourth-order valence-corrected chi connectivity index (χ4v) is 1.10. The molecule has 0 saturated heterocycles. The predicted octanol–water partition coefficient (Wildman–Crippen LogP) is 2.00. The van der Waals surface area contributed by atoms with Crippen LogP contribution in [0.2, 0.25) is 0 Å². The van der Waals surface area contributed by atoms with Gasteiger partial charge in [0.15, 0.2) is 17.3 Å². The average Bonchev–Trinajstić information content (AvgIpc) is 2.14. The zero-order valence-electron chi connectivity index (χ0n) is 8.15. The lowest BCUT2D eigenvalue weighted by Crippen LogP contribution is -1.88. The van der Waals surface area contributed by atoms with E-state index >= 15 is 0 Å². The summed E-state index contributed by atoms with van der Waals surface area (Å²) in [4.78, 5) is 10.7. The van der Waals surface area contributed by atoms with Crippen molar-refractivity contribution in [2.45, 2.75) is 6.92 Å².